The third-order valence-electron chi connectivity index (χ3n) is 1.17. The van der Waals surface area contributed by atoms with Gasteiger partial charge in [0.15, 0.2) is 0 Å². The fourth-order valence-corrected chi connectivity index (χ4v) is 0.231. The summed E-state index contributed by atoms with van der Waals surface area (Å²) in [5.74, 6) is 0. The Morgan fingerprint density at radius 1 is 1.50 bits per heavy atom. The average molecular weight is 142 g/mol. The standard InChI is InChI=1S/C4H9F3Si/c1-2-3(8)4(5,6)7/h3H,2H2,1,8H3. The summed E-state index contributed by atoms with van der Waals surface area (Å²) in [6.45, 7) is 1.56. The second kappa shape index (κ2) is 2.52. The van der Waals surface area contributed by atoms with Crippen LogP contribution in [0.5, 0.6) is 0 Å². The molecular formula is C4H9F3Si. The quantitative estimate of drug-likeness (QED) is 0.481. The number of halogens is 3. The molecule has 1 atom stereocenters. The van der Waals surface area contributed by atoms with Gasteiger partial charge in [-0.2, -0.15) is 13.2 Å². The van der Waals surface area contributed by atoms with Gasteiger partial charge >= 0.3 is 6.18 Å². The lowest BCUT2D eigenvalue weighted by Crippen LogP contribution is -2.15. The van der Waals surface area contributed by atoms with Crippen molar-refractivity contribution >= 4 is 10.2 Å². The van der Waals surface area contributed by atoms with E-state index in [4.69, 9.17) is 0 Å². The van der Waals surface area contributed by atoms with Crippen molar-refractivity contribution in [1.29, 1.82) is 0 Å². The van der Waals surface area contributed by atoms with Gasteiger partial charge in [0, 0.05) is 15.8 Å². The maximum Gasteiger partial charge on any atom is 0.388 e. The Bertz CT molecular complexity index is 68.2. The van der Waals surface area contributed by atoms with Crippen LogP contribution in [0.3, 0.4) is 0 Å². The van der Waals surface area contributed by atoms with Crippen LogP contribution in [0, 0.1) is 0 Å². The van der Waals surface area contributed by atoms with E-state index < -0.39 is 11.7 Å². The van der Waals surface area contributed by atoms with Crippen LogP contribution < -0.4 is 0 Å². The highest BCUT2D eigenvalue weighted by atomic mass is 28.1. The number of hydrogen-bond acceptors (Lipinski definition) is 0. The van der Waals surface area contributed by atoms with Gasteiger partial charge in [-0.25, -0.2) is 0 Å². The molecular weight excluding hydrogens is 133 g/mol. The minimum Gasteiger partial charge on any atom is -0.171 e. The van der Waals surface area contributed by atoms with Gasteiger partial charge in [0.1, 0.15) is 0 Å². The van der Waals surface area contributed by atoms with Crippen LogP contribution in [0.15, 0.2) is 0 Å². The first-order valence-corrected chi connectivity index (χ1v) is 3.70. The number of rotatable bonds is 1. The largest absolute Gasteiger partial charge is 0.388 e. The Kier molecular flexibility index (Phi) is 2.53. The zero-order valence-electron chi connectivity index (χ0n) is 4.92. The molecule has 0 radical (unpaired) electrons. The maximum atomic E-state index is 11.5. The predicted molar refractivity (Wildman–Crippen MR) is 30.0 cm³/mol. The molecule has 0 fully saturated rings. The van der Waals surface area contributed by atoms with E-state index in [0.717, 1.165) is 0 Å². The molecule has 0 rings (SSSR count). The lowest BCUT2D eigenvalue weighted by molar-refractivity contribution is -0.133. The highest BCUT2D eigenvalue weighted by Gasteiger charge is 2.33. The van der Waals surface area contributed by atoms with Crippen molar-refractivity contribution in [1.82, 2.24) is 0 Å². The maximum absolute atomic E-state index is 11.5. The molecule has 50 valence electrons. The summed E-state index contributed by atoms with van der Waals surface area (Å²) in [5, 5.41) is 0. The van der Waals surface area contributed by atoms with Gasteiger partial charge < -0.3 is 0 Å². The Hall–Kier alpha value is 0.00688. The van der Waals surface area contributed by atoms with Crippen LogP contribution in [0.4, 0.5) is 13.2 Å². The number of alkyl halides is 3. The van der Waals surface area contributed by atoms with Crippen molar-refractivity contribution in [3.63, 3.8) is 0 Å². The molecule has 0 aromatic carbocycles. The van der Waals surface area contributed by atoms with Gasteiger partial charge in [-0.15, -0.1) is 0 Å². The molecule has 4 heteroatoms. The number of hydrogen-bond donors (Lipinski definition) is 0. The first-order chi connectivity index (χ1) is 3.48. The van der Waals surface area contributed by atoms with E-state index in [1.165, 1.54) is 0 Å². The first kappa shape index (κ1) is 8.01. The van der Waals surface area contributed by atoms with Gasteiger partial charge in [0.2, 0.25) is 0 Å². The summed E-state index contributed by atoms with van der Waals surface area (Å²) in [6.07, 6.45) is -3.70. The lowest BCUT2D eigenvalue weighted by Gasteiger charge is -2.11. The first-order valence-electron chi connectivity index (χ1n) is 2.55. The van der Waals surface area contributed by atoms with Crippen LogP contribution in [0.2, 0.25) is 5.54 Å². The molecule has 0 saturated heterocycles. The van der Waals surface area contributed by atoms with E-state index >= 15 is 0 Å². The molecule has 0 amide bonds. The van der Waals surface area contributed by atoms with Gasteiger partial charge in [-0.1, -0.05) is 6.92 Å². The molecule has 0 aliphatic carbocycles. The van der Waals surface area contributed by atoms with Crippen molar-refractivity contribution in [2.45, 2.75) is 25.1 Å². The van der Waals surface area contributed by atoms with Gasteiger partial charge in [0.25, 0.3) is 0 Å². The van der Waals surface area contributed by atoms with E-state index in [9.17, 15) is 13.2 Å². The van der Waals surface area contributed by atoms with Gasteiger partial charge in [0.05, 0.1) is 0 Å². The van der Waals surface area contributed by atoms with Gasteiger partial charge in [-0.3, -0.25) is 0 Å². The monoisotopic (exact) mass is 142 g/mol. The summed E-state index contributed by atoms with van der Waals surface area (Å²) in [7, 11) is 0.224. The molecule has 8 heavy (non-hydrogen) atoms. The summed E-state index contributed by atoms with van der Waals surface area (Å²) in [5.41, 5.74) is -1.01. The second-order valence-electron chi connectivity index (χ2n) is 1.85. The summed E-state index contributed by atoms with van der Waals surface area (Å²) >= 11 is 0. The van der Waals surface area contributed by atoms with Crippen LogP contribution in [-0.2, 0) is 0 Å². The van der Waals surface area contributed by atoms with E-state index in [1.54, 1.807) is 6.92 Å². The molecule has 0 spiro atoms. The smallest absolute Gasteiger partial charge is 0.171 e. The molecule has 0 aromatic heterocycles. The SMILES string of the molecule is CCC([SiH3])C(F)(F)F. The zero-order chi connectivity index (χ0) is 6.78. The Balaban J connectivity index is 3.62. The normalized spacial score (nSPS) is 16.5. The van der Waals surface area contributed by atoms with E-state index in [0.29, 0.717) is 0 Å². The molecule has 0 heterocycles. The molecule has 0 N–H and O–H groups in total. The van der Waals surface area contributed by atoms with Gasteiger partial charge in [-0.05, 0) is 6.42 Å². The van der Waals surface area contributed by atoms with Crippen molar-refractivity contribution in [3.8, 4) is 0 Å². The lowest BCUT2D eigenvalue weighted by atomic mass is 10.3. The van der Waals surface area contributed by atoms with Crippen LogP contribution in [-0.4, -0.2) is 16.4 Å². The molecule has 0 aromatic rings. The zero-order valence-corrected chi connectivity index (χ0v) is 6.92. The van der Waals surface area contributed by atoms with Crippen LogP contribution in [0.25, 0.3) is 0 Å². The van der Waals surface area contributed by atoms with E-state index in [2.05, 4.69) is 0 Å². The predicted octanol–water partition coefficient (Wildman–Crippen LogP) is 1.11. The minimum atomic E-state index is -3.93. The Morgan fingerprint density at radius 2 is 1.88 bits per heavy atom. The molecule has 0 aliphatic heterocycles. The third-order valence-corrected chi connectivity index (χ3v) is 2.64. The van der Waals surface area contributed by atoms with Crippen molar-refractivity contribution in [3.05, 3.63) is 0 Å². The molecule has 0 bridgehead atoms. The summed E-state index contributed by atoms with van der Waals surface area (Å²) in [4.78, 5) is 0. The summed E-state index contributed by atoms with van der Waals surface area (Å²) in [6, 6.07) is 0. The average Bonchev–Trinajstić information content (AvgIpc) is 1.62. The van der Waals surface area contributed by atoms with Crippen molar-refractivity contribution < 1.29 is 13.2 Å². The fraction of sp³-hybridized carbons (Fsp3) is 1.00. The van der Waals surface area contributed by atoms with E-state index in [-0.39, 0.29) is 16.7 Å². The van der Waals surface area contributed by atoms with Crippen molar-refractivity contribution in [2.75, 3.05) is 0 Å². The molecule has 0 saturated carbocycles. The van der Waals surface area contributed by atoms with E-state index in [1.807, 2.05) is 0 Å². The Morgan fingerprint density at radius 3 is 1.88 bits per heavy atom. The Labute approximate surface area is 49.5 Å². The van der Waals surface area contributed by atoms with Crippen LogP contribution in [0.1, 0.15) is 13.3 Å². The highest BCUT2D eigenvalue weighted by molar-refractivity contribution is 6.12. The summed E-state index contributed by atoms with van der Waals surface area (Å²) < 4.78 is 34.5. The third kappa shape index (κ3) is 2.35. The second-order valence-corrected chi connectivity index (χ2v) is 3.24. The molecule has 0 nitrogen and oxygen atoms in total. The van der Waals surface area contributed by atoms with Crippen LogP contribution >= 0.6 is 0 Å². The minimum absolute atomic E-state index is 0.224. The molecule has 1 unspecified atom stereocenters. The molecule has 0 aliphatic rings. The topological polar surface area (TPSA) is 0 Å². The highest BCUT2D eigenvalue weighted by Crippen LogP contribution is 2.30. The fourth-order valence-electron chi connectivity index (χ4n) is 0.231. The van der Waals surface area contributed by atoms with Crippen molar-refractivity contribution in [2.24, 2.45) is 0 Å².